The van der Waals surface area contributed by atoms with Crippen molar-refractivity contribution in [2.45, 2.75) is 26.4 Å². The fourth-order valence-corrected chi connectivity index (χ4v) is 4.57. The Morgan fingerprint density at radius 2 is 1.68 bits per heavy atom. The zero-order chi connectivity index (χ0) is 26.7. The van der Waals surface area contributed by atoms with Crippen molar-refractivity contribution in [3.8, 4) is 0 Å². The van der Waals surface area contributed by atoms with Crippen molar-refractivity contribution in [1.82, 2.24) is 19.9 Å². The average Bonchev–Trinajstić information content (AvgIpc) is 2.88. The summed E-state index contributed by atoms with van der Waals surface area (Å²) in [6, 6.07) is 19.7. The average molecular weight is 576 g/mol. The molecule has 38 heavy (non-hydrogen) atoms. The van der Waals surface area contributed by atoms with E-state index in [1.807, 2.05) is 81.4 Å². The van der Waals surface area contributed by atoms with Gasteiger partial charge < -0.3 is 25.2 Å². The molecule has 0 radical (unpaired) electrons. The Hall–Kier alpha value is -3.92. The van der Waals surface area contributed by atoms with Crippen LogP contribution in [0.4, 0.5) is 33.8 Å². The van der Waals surface area contributed by atoms with Gasteiger partial charge in [0, 0.05) is 59.7 Å². The number of halogens is 1. The van der Waals surface area contributed by atoms with Crippen LogP contribution in [0.25, 0.3) is 10.9 Å². The Morgan fingerprint density at radius 3 is 2.45 bits per heavy atom. The molecular formula is C28H30BrN7O2. The molecule has 1 fully saturated rings. The number of anilines is 5. The number of hydrogen-bond acceptors (Lipinski definition) is 8. The van der Waals surface area contributed by atoms with Gasteiger partial charge in [0.2, 0.25) is 5.95 Å². The van der Waals surface area contributed by atoms with Crippen LogP contribution >= 0.6 is 15.9 Å². The monoisotopic (exact) mass is 575 g/mol. The molecule has 9 nitrogen and oxygen atoms in total. The van der Waals surface area contributed by atoms with Gasteiger partial charge in [-0.15, -0.1) is 0 Å². The molecule has 10 heteroatoms. The lowest BCUT2D eigenvalue weighted by molar-refractivity contribution is 0.0240. The molecule has 196 valence electrons. The molecule has 2 aromatic heterocycles. The molecule has 0 spiro atoms. The number of ether oxygens (including phenoxy) is 1. The fourth-order valence-electron chi connectivity index (χ4n) is 4.17. The number of benzene rings is 2. The van der Waals surface area contributed by atoms with Crippen molar-refractivity contribution in [2.75, 3.05) is 41.7 Å². The van der Waals surface area contributed by atoms with Gasteiger partial charge in [0.1, 0.15) is 17.2 Å². The second-order valence-electron chi connectivity index (χ2n) is 10.0. The second-order valence-corrected chi connectivity index (χ2v) is 10.9. The number of nitrogens with zero attached hydrogens (tertiary/aromatic N) is 5. The quantitative estimate of drug-likeness (QED) is 0.285. The predicted molar refractivity (Wildman–Crippen MR) is 155 cm³/mol. The summed E-state index contributed by atoms with van der Waals surface area (Å²) in [5.74, 6) is 2.02. The van der Waals surface area contributed by atoms with Gasteiger partial charge in [-0.05, 0) is 57.2 Å². The van der Waals surface area contributed by atoms with Crippen LogP contribution in [0.1, 0.15) is 20.8 Å². The first-order valence-corrected chi connectivity index (χ1v) is 13.3. The molecule has 0 bridgehead atoms. The van der Waals surface area contributed by atoms with Gasteiger partial charge in [-0.1, -0.05) is 34.1 Å². The number of nitrogens with one attached hydrogen (secondary N) is 2. The zero-order valence-corrected chi connectivity index (χ0v) is 23.2. The largest absolute Gasteiger partial charge is 0.444 e. The minimum Gasteiger partial charge on any atom is -0.444 e. The van der Waals surface area contributed by atoms with E-state index < -0.39 is 5.60 Å². The third-order valence-corrected chi connectivity index (χ3v) is 6.44. The van der Waals surface area contributed by atoms with Crippen LogP contribution in [0, 0.1) is 0 Å². The lowest BCUT2D eigenvalue weighted by Gasteiger charge is -2.36. The summed E-state index contributed by atoms with van der Waals surface area (Å²) in [7, 11) is 0. The molecule has 3 heterocycles. The molecule has 0 aliphatic carbocycles. The van der Waals surface area contributed by atoms with Gasteiger partial charge in [0.25, 0.3) is 0 Å². The van der Waals surface area contributed by atoms with Gasteiger partial charge in [-0.3, -0.25) is 0 Å². The number of aromatic nitrogens is 3. The van der Waals surface area contributed by atoms with E-state index in [-0.39, 0.29) is 6.09 Å². The van der Waals surface area contributed by atoms with E-state index in [0.29, 0.717) is 37.9 Å². The molecule has 2 aromatic carbocycles. The molecule has 4 aromatic rings. The predicted octanol–water partition coefficient (Wildman–Crippen LogP) is 6.33. The Balaban J connectivity index is 1.32. The Bertz CT molecular complexity index is 1450. The van der Waals surface area contributed by atoms with Gasteiger partial charge in [-0.2, -0.15) is 4.98 Å². The van der Waals surface area contributed by atoms with Crippen molar-refractivity contribution in [3.05, 3.63) is 71.3 Å². The molecule has 1 aliphatic rings. The number of para-hydroxylation sites is 1. The van der Waals surface area contributed by atoms with Crippen molar-refractivity contribution in [1.29, 1.82) is 0 Å². The summed E-state index contributed by atoms with van der Waals surface area (Å²) < 4.78 is 6.49. The molecule has 0 saturated carbocycles. The fraction of sp³-hybridized carbons (Fsp3) is 0.286. The van der Waals surface area contributed by atoms with Crippen LogP contribution in [0.2, 0.25) is 0 Å². The number of amides is 1. The van der Waals surface area contributed by atoms with E-state index >= 15 is 0 Å². The highest BCUT2D eigenvalue weighted by Gasteiger charge is 2.26. The first kappa shape index (κ1) is 25.7. The second kappa shape index (κ2) is 10.8. The van der Waals surface area contributed by atoms with Crippen LogP contribution < -0.4 is 15.5 Å². The Morgan fingerprint density at radius 1 is 0.921 bits per heavy atom. The van der Waals surface area contributed by atoms with E-state index in [9.17, 15) is 4.79 Å². The van der Waals surface area contributed by atoms with Gasteiger partial charge >= 0.3 is 6.09 Å². The minimum absolute atomic E-state index is 0.277. The Kier molecular flexibility index (Phi) is 7.33. The number of pyridine rings is 1. The minimum atomic E-state index is -0.506. The van der Waals surface area contributed by atoms with Crippen molar-refractivity contribution in [2.24, 2.45) is 0 Å². The standard InChI is InChI=1S/C28H30BrN7O2/c1-28(2,3)38-27(37)36-15-13-35(14-16-36)24-18-21(11-12-30-24)32-26-33-23-10-5-4-9-22(23)25(34-26)31-20-8-6-7-19(29)17-20/h4-12,17-18H,13-16H2,1-3H3,(H2,30,31,32,33,34). The van der Waals surface area contributed by atoms with Crippen molar-refractivity contribution in [3.63, 3.8) is 0 Å². The number of carbonyl (C=O) groups is 1. The van der Waals surface area contributed by atoms with Crippen molar-refractivity contribution < 1.29 is 9.53 Å². The summed E-state index contributed by atoms with van der Waals surface area (Å²) in [5.41, 5.74) is 2.07. The van der Waals surface area contributed by atoms with Crippen LogP contribution in [-0.2, 0) is 4.74 Å². The third kappa shape index (κ3) is 6.31. The molecule has 2 N–H and O–H groups in total. The van der Waals surface area contributed by atoms with E-state index in [0.717, 1.165) is 32.6 Å². The van der Waals surface area contributed by atoms with Crippen LogP contribution in [0.5, 0.6) is 0 Å². The lowest BCUT2D eigenvalue weighted by atomic mass is 10.2. The first-order chi connectivity index (χ1) is 18.2. The number of carbonyl (C=O) groups excluding carboxylic acids is 1. The van der Waals surface area contributed by atoms with E-state index in [4.69, 9.17) is 14.7 Å². The van der Waals surface area contributed by atoms with Gasteiger partial charge in [0.05, 0.1) is 5.52 Å². The summed E-state index contributed by atoms with van der Waals surface area (Å²) in [4.78, 5) is 30.4. The molecule has 5 rings (SSSR count). The smallest absolute Gasteiger partial charge is 0.410 e. The summed E-state index contributed by atoms with van der Waals surface area (Å²) in [5, 5.41) is 7.69. The molecular weight excluding hydrogens is 546 g/mol. The van der Waals surface area contributed by atoms with E-state index in [1.165, 1.54) is 0 Å². The number of rotatable bonds is 5. The maximum atomic E-state index is 12.4. The van der Waals surface area contributed by atoms with Gasteiger partial charge in [0.15, 0.2) is 0 Å². The van der Waals surface area contributed by atoms with Gasteiger partial charge in [-0.25, -0.2) is 14.8 Å². The maximum absolute atomic E-state index is 12.4. The number of fused-ring (bicyclic) bond motifs is 1. The number of hydrogen-bond donors (Lipinski definition) is 2. The SMILES string of the molecule is CC(C)(C)OC(=O)N1CCN(c2cc(Nc3nc(Nc4cccc(Br)c4)c4ccccc4n3)ccn2)CC1. The highest BCUT2D eigenvalue weighted by Crippen LogP contribution is 2.28. The topological polar surface area (TPSA) is 95.5 Å². The zero-order valence-electron chi connectivity index (χ0n) is 21.6. The van der Waals surface area contributed by atoms with E-state index in [1.54, 1.807) is 11.1 Å². The highest BCUT2D eigenvalue weighted by molar-refractivity contribution is 9.10. The van der Waals surface area contributed by atoms with Crippen LogP contribution in [0.15, 0.2) is 71.3 Å². The third-order valence-electron chi connectivity index (χ3n) is 5.95. The Labute approximate surface area is 230 Å². The highest BCUT2D eigenvalue weighted by atomic mass is 79.9. The first-order valence-electron chi connectivity index (χ1n) is 12.5. The van der Waals surface area contributed by atoms with E-state index in [2.05, 4.69) is 36.4 Å². The van der Waals surface area contributed by atoms with Crippen LogP contribution in [0.3, 0.4) is 0 Å². The molecule has 1 amide bonds. The molecule has 0 unspecified atom stereocenters. The maximum Gasteiger partial charge on any atom is 0.410 e. The summed E-state index contributed by atoms with van der Waals surface area (Å²) >= 11 is 3.52. The molecule has 1 saturated heterocycles. The van der Waals surface area contributed by atoms with Crippen molar-refractivity contribution >= 4 is 61.9 Å². The molecule has 1 aliphatic heterocycles. The van der Waals surface area contributed by atoms with Crippen LogP contribution in [-0.4, -0.2) is 57.7 Å². The molecule has 0 atom stereocenters. The normalized spacial score (nSPS) is 13.9. The summed E-state index contributed by atoms with van der Waals surface area (Å²) in [6.45, 7) is 8.12. The summed E-state index contributed by atoms with van der Waals surface area (Å²) in [6.07, 6.45) is 1.49. The lowest BCUT2D eigenvalue weighted by Crippen LogP contribution is -2.50. The number of piperazine rings is 1.